The average molecular weight is 400 g/mol. The predicted octanol–water partition coefficient (Wildman–Crippen LogP) is 3.88. The van der Waals surface area contributed by atoms with Crippen molar-refractivity contribution in [1.82, 2.24) is 24.5 Å². The fourth-order valence-electron chi connectivity index (χ4n) is 3.74. The van der Waals surface area contributed by atoms with Crippen molar-refractivity contribution >= 4 is 21.7 Å². The van der Waals surface area contributed by atoms with Gasteiger partial charge in [-0.2, -0.15) is 10.1 Å². The quantitative estimate of drug-likeness (QED) is 0.670. The Balaban J connectivity index is 1.58. The monoisotopic (exact) mass is 399 g/mol. The number of nitrogens with zero attached hydrogens (tertiary/aromatic N) is 5. The molecule has 4 rings (SSSR count). The highest BCUT2D eigenvalue weighted by Crippen LogP contribution is 2.29. The molecule has 0 amide bonds. The van der Waals surface area contributed by atoms with Crippen molar-refractivity contribution in [2.75, 3.05) is 13.1 Å². The molecule has 25 heavy (non-hydrogen) atoms. The fourth-order valence-corrected chi connectivity index (χ4v) is 4.15. The van der Waals surface area contributed by atoms with E-state index in [1.165, 1.54) is 29.7 Å². The summed E-state index contributed by atoms with van der Waals surface area (Å²) in [4.78, 5) is 11.3. The molecule has 1 aromatic carbocycles. The van der Waals surface area contributed by atoms with Gasteiger partial charge in [0.05, 0.1) is 5.69 Å². The van der Waals surface area contributed by atoms with Crippen LogP contribution in [0.5, 0.6) is 0 Å². The summed E-state index contributed by atoms with van der Waals surface area (Å²) in [6.07, 6.45) is 3.98. The van der Waals surface area contributed by atoms with Gasteiger partial charge in [-0.3, -0.25) is 4.90 Å². The highest BCUT2D eigenvalue weighted by molar-refractivity contribution is 9.10. The third kappa shape index (κ3) is 3.46. The summed E-state index contributed by atoms with van der Waals surface area (Å²) in [6, 6.07) is 8.70. The lowest BCUT2D eigenvalue weighted by Gasteiger charge is -2.33. The highest BCUT2D eigenvalue weighted by Gasteiger charge is 2.24. The molecule has 2 aromatic heterocycles. The molecule has 0 radical (unpaired) electrons. The van der Waals surface area contributed by atoms with Gasteiger partial charge < -0.3 is 0 Å². The van der Waals surface area contributed by atoms with Gasteiger partial charge in [-0.15, -0.1) is 0 Å². The minimum absolute atomic E-state index is 0.465. The third-order valence-electron chi connectivity index (χ3n) is 5.04. The maximum Gasteiger partial charge on any atom is 0.252 e. The number of hydrogen-bond donors (Lipinski definition) is 0. The molecule has 1 aliphatic rings. The molecule has 0 bridgehead atoms. The predicted molar refractivity (Wildman–Crippen MR) is 102 cm³/mol. The Hall–Kier alpha value is -1.79. The van der Waals surface area contributed by atoms with Gasteiger partial charge in [0.1, 0.15) is 6.33 Å². The topological polar surface area (TPSA) is 46.3 Å². The third-order valence-corrected chi connectivity index (χ3v) is 5.53. The molecule has 0 aliphatic carbocycles. The molecule has 3 heterocycles. The van der Waals surface area contributed by atoms with Crippen LogP contribution in [0.15, 0.2) is 35.1 Å². The summed E-state index contributed by atoms with van der Waals surface area (Å²) >= 11 is 3.60. The molecular weight excluding hydrogens is 378 g/mol. The Bertz CT molecular complexity index is 904. The van der Waals surface area contributed by atoms with E-state index in [-0.39, 0.29) is 0 Å². The number of rotatable bonds is 3. The molecule has 130 valence electrons. The first-order valence-electron chi connectivity index (χ1n) is 8.75. The Morgan fingerprint density at radius 1 is 1.24 bits per heavy atom. The summed E-state index contributed by atoms with van der Waals surface area (Å²) < 4.78 is 3.06. The van der Waals surface area contributed by atoms with Crippen LogP contribution in [0.25, 0.3) is 5.78 Å². The average Bonchev–Trinajstić information content (AvgIpc) is 3.06. The number of aromatic nitrogens is 4. The maximum atomic E-state index is 4.47. The van der Waals surface area contributed by atoms with Crippen LogP contribution in [-0.4, -0.2) is 37.6 Å². The van der Waals surface area contributed by atoms with E-state index >= 15 is 0 Å². The second-order valence-electron chi connectivity index (χ2n) is 6.94. The summed E-state index contributed by atoms with van der Waals surface area (Å²) in [7, 11) is 0. The second kappa shape index (κ2) is 6.84. The number of halogens is 1. The molecule has 1 saturated heterocycles. The number of likely N-dealkylation sites (tertiary alicyclic amines) is 1. The number of fused-ring (bicyclic) bond motifs is 1. The van der Waals surface area contributed by atoms with E-state index in [0.717, 1.165) is 29.8 Å². The smallest absolute Gasteiger partial charge is 0.252 e. The van der Waals surface area contributed by atoms with E-state index in [4.69, 9.17) is 0 Å². The molecule has 3 aromatic rings. The van der Waals surface area contributed by atoms with Crippen LogP contribution < -0.4 is 0 Å². The van der Waals surface area contributed by atoms with Crippen molar-refractivity contribution in [2.45, 2.75) is 39.2 Å². The number of benzene rings is 1. The molecule has 1 atom stereocenters. The van der Waals surface area contributed by atoms with E-state index in [1.807, 2.05) is 11.4 Å². The SMILES string of the molecule is Cc1cc(C2CCCN(Cc3cc(Br)ccc3C)C2)n2ncnc2n1. The van der Waals surface area contributed by atoms with Gasteiger partial charge >= 0.3 is 0 Å². The van der Waals surface area contributed by atoms with Gasteiger partial charge in [0.2, 0.25) is 0 Å². The van der Waals surface area contributed by atoms with E-state index < -0.39 is 0 Å². The van der Waals surface area contributed by atoms with Crippen LogP contribution in [0, 0.1) is 13.8 Å². The van der Waals surface area contributed by atoms with Gasteiger partial charge in [0, 0.05) is 29.2 Å². The van der Waals surface area contributed by atoms with Crippen LogP contribution in [0.3, 0.4) is 0 Å². The molecule has 1 fully saturated rings. The van der Waals surface area contributed by atoms with Gasteiger partial charge in [-0.05, 0) is 62.6 Å². The van der Waals surface area contributed by atoms with E-state index in [1.54, 1.807) is 6.33 Å². The molecule has 0 N–H and O–H groups in total. The summed E-state index contributed by atoms with van der Waals surface area (Å²) in [6.45, 7) is 7.40. The molecule has 0 spiro atoms. The number of aryl methyl sites for hydroxylation is 2. The zero-order valence-electron chi connectivity index (χ0n) is 14.6. The lowest BCUT2D eigenvalue weighted by Crippen LogP contribution is -2.34. The first-order chi connectivity index (χ1) is 12.1. The van der Waals surface area contributed by atoms with Crippen molar-refractivity contribution in [2.24, 2.45) is 0 Å². The van der Waals surface area contributed by atoms with Crippen LogP contribution in [0.1, 0.15) is 41.3 Å². The summed E-state index contributed by atoms with van der Waals surface area (Å²) in [5, 5.41) is 4.39. The molecule has 1 aliphatic heterocycles. The van der Waals surface area contributed by atoms with Gasteiger partial charge in [0.15, 0.2) is 0 Å². The Morgan fingerprint density at radius 2 is 2.12 bits per heavy atom. The lowest BCUT2D eigenvalue weighted by atomic mass is 9.93. The number of hydrogen-bond acceptors (Lipinski definition) is 4. The first-order valence-corrected chi connectivity index (χ1v) is 9.54. The Morgan fingerprint density at radius 3 is 3.00 bits per heavy atom. The van der Waals surface area contributed by atoms with Crippen molar-refractivity contribution in [3.05, 3.63) is 57.6 Å². The molecular formula is C19H22BrN5. The fraction of sp³-hybridized carbons (Fsp3) is 0.421. The summed E-state index contributed by atoms with van der Waals surface area (Å²) in [5.74, 6) is 1.17. The van der Waals surface area contributed by atoms with Crippen LogP contribution >= 0.6 is 15.9 Å². The van der Waals surface area contributed by atoms with E-state index in [2.05, 4.69) is 67.1 Å². The minimum atomic E-state index is 0.465. The molecule has 0 saturated carbocycles. The van der Waals surface area contributed by atoms with Crippen molar-refractivity contribution in [3.63, 3.8) is 0 Å². The molecule has 6 heteroatoms. The van der Waals surface area contributed by atoms with E-state index in [9.17, 15) is 0 Å². The van der Waals surface area contributed by atoms with Crippen molar-refractivity contribution in [3.8, 4) is 0 Å². The van der Waals surface area contributed by atoms with Gasteiger partial charge in [0.25, 0.3) is 5.78 Å². The van der Waals surface area contributed by atoms with Crippen molar-refractivity contribution < 1.29 is 0 Å². The Labute approximate surface area is 156 Å². The second-order valence-corrected chi connectivity index (χ2v) is 7.85. The van der Waals surface area contributed by atoms with Crippen molar-refractivity contribution in [1.29, 1.82) is 0 Å². The standard InChI is InChI=1S/C19H22BrN5/c1-13-5-6-17(20)9-16(13)11-24-7-3-4-15(10-24)18-8-14(2)23-19-21-12-22-25(18)19/h5-6,8-9,12,15H,3-4,7,10-11H2,1-2H3. The first kappa shape index (κ1) is 16.7. The Kier molecular flexibility index (Phi) is 4.56. The normalized spacial score (nSPS) is 18.8. The highest BCUT2D eigenvalue weighted by atomic mass is 79.9. The summed E-state index contributed by atoms with van der Waals surface area (Å²) in [5.41, 5.74) is 4.99. The van der Waals surface area contributed by atoms with Gasteiger partial charge in [-0.25, -0.2) is 9.50 Å². The maximum absolute atomic E-state index is 4.47. The number of piperidine rings is 1. The van der Waals surface area contributed by atoms with Gasteiger partial charge in [-0.1, -0.05) is 22.0 Å². The molecule has 1 unspecified atom stereocenters. The zero-order valence-corrected chi connectivity index (χ0v) is 16.2. The zero-order chi connectivity index (χ0) is 17.4. The van der Waals surface area contributed by atoms with Crippen LogP contribution in [0.2, 0.25) is 0 Å². The largest absolute Gasteiger partial charge is 0.298 e. The van der Waals surface area contributed by atoms with Crippen LogP contribution in [0.4, 0.5) is 0 Å². The lowest BCUT2D eigenvalue weighted by molar-refractivity contribution is 0.197. The van der Waals surface area contributed by atoms with Crippen LogP contribution in [-0.2, 0) is 6.54 Å². The van der Waals surface area contributed by atoms with E-state index in [0.29, 0.717) is 11.7 Å². The minimum Gasteiger partial charge on any atom is -0.298 e. The molecule has 5 nitrogen and oxygen atoms in total.